The van der Waals surface area contributed by atoms with Crippen molar-refractivity contribution in [2.75, 3.05) is 26.2 Å². The van der Waals surface area contributed by atoms with Crippen molar-refractivity contribution in [3.63, 3.8) is 0 Å². The van der Waals surface area contributed by atoms with E-state index in [9.17, 15) is 14.7 Å². The highest BCUT2D eigenvalue weighted by Gasteiger charge is 2.27. The van der Waals surface area contributed by atoms with Crippen molar-refractivity contribution < 1.29 is 14.7 Å². The fraction of sp³-hybridized carbons (Fsp3) is 0.250. The van der Waals surface area contributed by atoms with Crippen LogP contribution in [0.25, 0.3) is 0 Å². The van der Waals surface area contributed by atoms with E-state index in [1.54, 1.807) is 34.1 Å². The Labute approximate surface area is 160 Å². The van der Waals surface area contributed by atoms with Gasteiger partial charge in [-0.15, -0.1) is 11.3 Å². The first-order chi connectivity index (χ1) is 11.5. The van der Waals surface area contributed by atoms with Gasteiger partial charge in [0, 0.05) is 30.7 Å². The third-order valence-corrected chi connectivity index (χ3v) is 7.09. The van der Waals surface area contributed by atoms with E-state index in [2.05, 4.69) is 31.9 Å². The molecule has 1 aliphatic rings. The molecule has 2 amide bonds. The summed E-state index contributed by atoms with van der Waals surface area (Å²) in [6.07, 6.45) is 0. The van der Waals surface area contributed by atoms with Crippen LogP contribution in [-0.4, -0.2) is 52.9 Å². The molecule has 0 atom stereocenters. The Balaban J connectivity index is 1.64. The molecule has 0 spiro atoms. The van der Waals surface area contributed by atoms with Crippen LogP contribution in [0.5, 0.6) is 5.75 Å². The molecule has 0 bridgehead atoms. The number of hydrogen-bond donors (Lipinski definition) is 1. The first kappa shape index (κ1) is 17.4. The van der Waals surface area contributed by atoms with E-state index in [4.69, 9.17) is 0 Å². The summed E-state index contributed by atoms with van der Waals surface area (Å²) in [7, 11) is 0. The lowest BCUT2D eigenvalue weighted by Crippen LogP contribution is -2.50. The normalized spacial score (nSPS) is 14.8. The van der Waals surface area contributed by atoms with Gasteiger partial charge in [-0.3, -0.25) is 9.59 Å². The fourth-order valence-electron chi connectivity index (χ4n) is 2.55. The summed E-state index contributed by atoms with van der Waals surface area (Å²) in [5.74, 6) is -0.253. The predicted molar refractivity (Wildman–Crippen MR) is 99.6 cm³/mol. The van der Waals surface area contributed by atoms with Gasteiger partial charge in [0.15, 0.2) is 0 Å². The second-order valence-corrected chi connectivity index (χ2v) is 8.56. The van der Waals surface area contributed by atoms with E-state index < -0.39 is 0 Å². The molecule has 5 nitrogen and oxygen atoms in total. The van der Waals surface area contributed by atoms with Crippen LogP contribution >= 0.6 is 43.2 Å². The van der Waals surface area contributed by atoms with Crippen molar-refractivity contribution in [1.29, 1.82) is 0 Å². The Bertz CT molecular complexity index is 766. The molecule has 3 rings (SSSR count). The van der Waals surface area contributed by atoms with Gasteiger partial charge in [-0.25, -0.2) is 0 Å². The van der Waals surface area contributed by atoms with Gasteiger partial charge in [-0.2, -0.15) is 0 Å². The van der Waals surface area contributed by atoms with Crippen LogP contribution in [0.1, 0.15) is 20.0 Å². The molecule has 1 fully saturated rings. The number of phenols is 1. The number of rotatable bonds is 2. The fourth-order valence-corrected chi connectivity index (χ4v) is 4.55. The summed E-state index contributed by atoms with van der Waals surface area (Å²) in [5, 5.41) is 9.81. The number of para-hydroxylation sites is 1. The van der Waals surface area contributed by atoms with Crippen LogP contribution in [0, 0.1) is 0 Å². The highest BCUT2D eigenvalue weighted by molar-refractivity contribution is 9.13. The maximum atomic E-state index is 12.5. The summed E-state index contributed by atoms with van der Waals surface area (Å²) in [6.45, 7) is 1.86. The van der Waals surface area contributed by atoms with Crippen LogP contribution in [0.4, 0.5) is 0 Å². The Morgan fingerprint density at radius 1 is 1.00 bits per heavy atom. The number of aromatic hydroxyl groups is 1. The molecule has 1 aromatic carbocycles. The Kier molecular flexibility index (Phi) is 5.27. The van der Waals surface area contributed by atoms with Crippen LogP contribution in [0.15, 0.2) is 38.6 Å². The SMILES string of the molecule is O=C(c1cc(Br)c(Br)s1)N1CCN(C(=O)c2ccccc2O)CC1. The highest BCUT2D eigenvalue weighted by atomic mass is 79.9. The van der Waals surface area contributed by atoms with Crippen LogP contribution in [-0.2, 0) is 0 Å². The number of amides is 2. The molecule has 0 radical (unpaired) electrons. The minimum Gasteiger partial charge on any atom is -0.507 e. The maximum absolute atomic E-state index is 12.5. The summed E-state index contributed by atoms with van der Waals surface area (Å²) in [5.41, 5.74) is 0.295. The number of carbonyl (C=O) groups is 2. The minimum atomic E-state index is -0.207. The molecule has 24 heavy (non-hydrogen) atoms. The minimum absolute atomic E-state index is 0.0192. The van der Waals surface area contributed by atoms with Crippen molar-refractivity contribution in [2.45, 2.75) is 0 Å². The first-order valence-corrected chi connectivity index (χ1v) is 9.69. The van der Waals surface area contributed by atoms with Gasteiger partial charge >= 0.3 is 0 Å². The van der Waals surface area contributed by atoms with Crippen LogP contribution in [0.3, 0.4) is 0 Å². The van der Waals surface area contributed by atoms with Gasteiger partial charge in [-0.05, 0) is 50.1 Å². The number of halogens is 2. The van der Waals surface area contributed by atoms with Crippen molar-refractivity contribution in [3.05, 3.63) is 49.0 Å². The van der Waals surface area contributed by atoms with Crippen LogP contribution in [0.2, 0.25) is 0 Å². The molecule has 8 heteroatoms. The van der Waals surface area contributed by atoms with Crippen molar-refractivity contribution >= 4 is 55.0 Å². The van der Waals surface area contributed by atoms with Crippen molar-refractivity contribution in [1.82, 2.24) is 9.80 Å². The molecule has 0 unspecified atom stereocenters. The van der Waals surface area contributed by atoms with E-state index in [1.165, 1.54) is 17.4 Å². The van der Waals surface area contributed by atoms with Gasteiger partial charge in [-0.1, -0.05) is 12.1 Å². The van der Waals surface area contributed by atoms with Gasteiger partial charge in [0.25, 0.3) is 11.8 Å². The summed E-state index contributed by atoms with van der Waals surface area (Å²) < 4.78 is 1.75. The predicted octanol–water partition coefficient (Wildman–Crippen LogP) is 3.58. The van der Waals surface area contributed by atoms with Gasteiger partial charge in [0.2, 0.25) is 0 Å². The Morgan fingerprint density at radius 2 is 1.58 bits per heavy atom. The Morgan fingerprint density at radius 3 is 2.12 bits per heavy atom. The van der Waals surface area contributed by atoms with E-state index in [0.717, 1.165) is 8.26 Å². The lowest BCUT2D eigenvalue weighted by molar-refractivity contribution is 0.0536. The summed E-state index contributed by atoms with van der Waals surface area (Å²) in [6, 6.07) is 8.31. The summed E-state index contributed by atoms with van der Waals surface area (Å²) >= 11 is 8.17. The van der Waals surface area contributed by atoms with Crippen molar-refractivity contribution in [3.8, 4) is 5.75 Å². The second-order valence-electron chi connectivity index (χ2n) is 5.33. The summed E-state index contributed by atoms with van der Waals surface area (Å²) in [4.78, 5) is 29.1. The number of piperazine rings is 1. The topological polar surface area (TPSA) is 60.9 Å². The molecule has 1 saturated heterocycles. The molecule has 1 aliphatic heterocycles. The lowest BCUT2D eigenvalue weighted by atomic mass is 10.1. The molecule has 0 aliphatic carbocycles. The zero-order valence-corrected chi connectivity index (χ0v) is 16.5. The molecule has 0 saturated carbocycles. The molecule has 2 heterocycles. The van der Waals surface area contributed by atoms with E-state index in [-0.39, 0.29) is 17.6 Å². The number of hydrogen-bond acceptors (Lipinski definition) is 4. The third-order valence-electron chi connectivity index (χ3n) is 3.84. The average Bonchev–Trinajstić information content (AvgIpc) is 2.93. The molecule has 1 N–H and O–H groups in total. The molecule has 1 aromatic heterocycles. The smallest absolute Gasteiger partial charge is 0.264 e. The van der Waals surface area contributed by atoms with Crippen LogP contribution < -0.4 is 0 Å². The van der Waals surface area contributed by atoms with E-state index in [0.29, 0.717) is 36.6 Å². The number of benzene rings is 1. The zero-order chi connectivity index (χ0) is 17.3. The third kappa shape index (κ3) is 3.50. The average molecular weight is 474 g/mol. The number of carbonyl (C=O) groups excluding carboxylic acids is 2. The van der Waals surface area contributed by atoms with E-state index in [1.807, 2.05) is 0 Å². The molecule has 126 valence electrons. The molecule has 2 aromatic rings. The number of thiophene rings is 1. The monoisotopic (exact) mass is 472 g/mol. The highest BCUT2D eigenvalue weighted by Crippen LogP contribution is 2.33. The largest absolute Gasteiger partial charge is 0.507 e. The van der Waals surface area contributed by atoms with Gasteiger partial charge in [0.1, 0.15) is 5.75 Å². The van der Waals surface area contributed by atoms with E-state index >= 15 is 0 Å². The molecular formula is C16H14Br2N2O3S. The first-order valence-electron chi connectivity index (χ1n) is 7.28. The lowest BCUT2D eigenvalue weighted by Gasteiger charge is -2.34. The van der Waals surface area contributed by atoms with Gasteiger partial charge in [0.05, 0.1) is 14.2 Å². The second kappa shape index (κ2) is 7.25. The standard InChI is InChI=1S/C16H14Br2N2O3S/c17-11-9-13(24-14(11)18)16(23)20-7-5-19(6-8-20)15(22)10-3-1-2-4-12(10)21/h1-4,9,21H,5-8H2. The van der Waals surface area contributed by atoms with Gasteiger partial charge < -0.3 is 14.9 Å². The number of phenolic OH excluding ortho intramolecular Hbond substituents is 1. The maximum Gasteiger partial charge on any atom is 0.264 e. The van der Waals surface area contributed by atoms with Crippen molar-refractivity contribution in [2.24, 2.45) is 0 Å². The Hall–Kier alpha value is -1.38. The molecular weight excluding hydrogens is 460 g/mol. The quantitative estimate of drug-likeness (QED) is 0.725. The number of nitrogens with zero attached hydrogens (tertiary/aromatic N) is 2. The zero-order valence-electron chi connectivity index (χ0n) is 12.5.